The number of nitrogens with zero attached hydrogens (tertiary/aromatic N) is 6. The van der Waals surface area contributed by atoms with Crippen molar-refractivity contribution in [2.75, 3.05) is 132 Å². The lowest BCUT2D eigenvalue weighted by molar-refractivity contribution is -0.166. The van der Waals surface area contributed by atoms with E-state index in [1.54, 1.807) is 70.8 Å². The van der Waals surface area contributed by atoms with Crippen molar-refractivity contribution in [3.8, 4) is 11.5 Å². The van der Waals surface area contributed by atoms with Crippen LogP contribution in [0.15, 0.2) is 36.4 Å². The first-order chi connectivity index (χ1) is 36.9. The van der Waals surface area contributed by atoms with Gasteiger partial charge in [-0.1, -0.05) is 33.4 Å². The smallest absolute Gasteiger partial charge is 0.330 e. The van der Waals surface area contributed by atoms with E-state index in [4.69, 9.17) is 9.47 Å². The van der Waals surface area contributed by atoms with Crippen LogP contribution in [-0.2, 0) is 28.8 Å². The molecular weight excluding hydrogens is 1020 g/mol. The van der Waals surface area contributed by atoms with Gasteiger partial charge in [0.2, 0.25) is 5.91 Å². The third-order valence-electron chi connectivity index (χ3n) is 16.8. The molecule has 2 atom stereocenters. The lowest BCUT2D eigenvalue weighted by atomic mass is 9.48. The van der Waals surface area contributed by atoms with Crippen LogP contribution < -0.4 is 20.1 Å². The van der Waals surface area contributed by atoms with Crippen molar-refractivity contribution in [1.82, 2.24) is 40.0 Å². The van der Waals surface area contributed by atoms with Crippen molar-refractivity contribution < 1.29 is 58.7 Å². The molecule has 0 radical (unpaired) electrons. The van der Waals surface area contributed by atoms with Crippen LogP contribution in [0.4, 0.5) is 0 Å². The highest BCUT2D eigenvalue weighted by molar-refractivity contribution is 7.99. The third kappa shape index (κ3) is 17.1. The first-order valence-electron chi connectivity index (χ1n) is 27.5. The van der Waals surface area contributed by atoms with Gasteiger partial charge in [0.1, 0.15) is 22.7 Å². The Morgan fingerprint density at radius 3 is 1.63 bits per heavy atom. The fraction of sp³-hybridized carbons (Fsp3) is 0.696. The van der Waals surface area contributed by atoms with Crippen molar-refractivity contribution in [3.05, 3.63) is 42.0 Å². The number of methoxy groups -OCH3 is 2. The van der Waals surface area contributed by atoms with Crippen LogP contribution in [0, 0.1) is 35.0 Å². The number of rotatable bonds is 29. The second-order valence-electron chi connectivity index (χ2n) is 22.6. The Kier molecular flexibility index (Phi) is 23.9. The van der Waals surface area contributed by atoms with E-state index in [2.05, 4.69) is 56.9 Å². The summed E-state index contributed by atoms with van der Waals surface area (Å²) in [5, 5.41) is 55.3. The summed E-state index contributed by atoms with van der Waals surface area (Å²) in [7, 11) is 6.90. The Hall–Kier alpha value is -5.26. The molecule has 1 aromatic carbocycles. The highest BCUT2D eigenvalue weighted by Gasteiger charge is 2.62. The molecule has 22 heteroatoms. The van der Waals surface area contributed by atoms with Crippen molar-refractivity contribution in [1.29, 1.82) is 5.41 Å². The largest absolute Gasteiger partial charge is 0.496 e. The SMILES string of the molecule is C=C(C(C)C)[C@@](C)(N/C(=C\C(=N)C(=O)NC1(C(=O)O)C2CC3CC(C2)CC1C3)c1c(OC)cccc1OC)C(C)SCCCN(C)CCCN(C)C(=O)CN1CCN(CC(=O)O)CCN(CC(=O)O)CCN(CC(=O)O)CC1. The van der Waals surface area contributed by atoms with Crippen LogP contribution in [0.2, 0.25) is 0 Å². The quantitative estimate of drug-likeness (QED) is 0.0342. The fourth-order valence-corrected chi connectivity index (χ4v) is 13.5. The standard InChI is InChI=1S/C56H89N9O12S/c1-37(2)38(3)55(5,58-45(52-46(76-8)13-10-14-47(52)77-9)32-44(57)53(73)59-56(54(74)75)42-28-40-27-41(30-42)31-43(56)29-40)39(4)78-26-12-16-60(6)15-11-17-61(7)48(66)33-62-18-20-63(34-49(67)68)22-24-65(36-51(71)72)25-23-64(21-19-62)35-50(69)70/h10,13-14,32,37,39-43,57-58H,3,11-12,15-31,33-36H2,1-2,4-9H3,(H,59,73)(H,67,68)(H,69,70)(H,71,72)(H,74,75)/b45-32-,57-44?/t39?,40?,41?,42?,43?,55-,56?/m1/s1. The summed E-state index contributed by atoms with van der Waals surface area (Å²) in [5.41, 5.74) is -0.808. The average Bonchev–Trinajstić information content (AvgIpc) is 3.51. The molecule has 4 aliphatic carbocycles. The van der Waals surface area contributed by atoms with Crippen molar-refractivity contribution in [2.45, 2.75) is 89.0 Å². The third-order valence-corrected chi connectivity index (χ3v) is 18.3. The number of likely N-dealkylation sites (N-methyl/N-ethyl adjacent to an activating group) is 1. The van der Waals surface area contributed by atoms with Crippen molar-refractivity contribution >= 4 is 58.9 Å². The molecule has 4 bridgehead atoms. The van der Waals surface area contributed by atoms with Gasteiger partial charge in [0.25, 0.3) is 5.91 Å². The van der Waals surface area contributed by atoms with Gasteiger partial charge in [-0.3, -0.25) is 49.0 Å². The molecule has 5 aliphatic rings. The van der Waals surface area contributed by atoms with E-state index >= 15 is 0 Å². The van der Waals surface area contributed by atoms with Crippen LogP contribution in [0.5, 0.6) is 11.5 Å². The van der Waals surface area contributed by atoms with Crippen molar-refractivity contribution in [3.63, 3.8) is 0 Å². The predicted octanol–water partition coefficient (Wildman–Crippen LogP) is 3.79. The Balaban J connectivity index is 1.20. The number of hydrogen-bond donors (Lipinski definition) is 7. The molecule has 436 valence electrons. The Morgan fingerprint density at radius 2 is 1.21 bits per heavy atom. The average molecular weight is 1110 g/mol. The fourth-order valence-electron chi connectivity index (χ4n) is 12.3. The second-order valence-corrected chi connectivity index (χ2v) is 24.0. The molecule has 4 saturated carbocycles. The van der Waals surface area contributed by atoms with Gasteiger partial charge in [-0.15, -0.1) is 0 Å². The summed E-state index contributed by atoms with van der Waals surface area (Å²) in [6.07, 6.45) is 7.21. The number of hydrogen-bond acceptors (Lipinski definition) is 16. The Labute approximate surface area is 465 Å². The maximum atomic E-state index is 14.2. The molecule has 7 N–H and O–H groups in total. The first kappa shape index (κ1) is 63.6. The number of benzene rings is 1. The van der Waals surface area contributed by atoms with Crippen molar-refractivity contribution in [2.24, 2.45) is 29.6 Å². The number of nitrogens with one attached hydrogen (secondary N) is 3. The molecule has 6 rings (SSSR count). The lowest BCUT2D eigenvalue weighted by Gasteiger charge is -2.59. The van der Waals surface area contributed by atoms with Crippen LogP contribution in [0.25, 0.3) is 5.70 Å². The van der Waals surface area contributed by atoms with E-state index in [1.165, 1.54) is 6.08 Å². The zero-order valence-corrected chi connectivity index (χ0v) is 48.2. The van der Waals surface area contributed by atoms with E-state index in [0.29, 0.717) is 93.5 Å². The number of carbonyl (C=O) groups is 6. The minimum absolute atomic E-state index is 0.0401. The highest BCUT2D eigenvalue weighted by Crippen LogP contribution is 2.58. The van der Waals surface area contributed by atoms with Gasteiger partial charge in [-0.25, -0.2) is 4.79 Å². The van der Waals surface area contributed by atoms with Gasteiger partial charge in [-0.2, -0.15) is 11.8 Å². The molecule has 1 unspecified atom stereocenters. The van der Waals surface area contributed by atoms with E-state index in [-0.39, 0.29) is 55.1 Å². The molecule has 1 heterocycles. The Morgan fingerprint density at radius 1 is 0.756 bits per heavy atom. The van der Waals surface area contributed by atoms with Gasteiger partial charge in [0, 0.05) is 71.2 Å². The van der Waals surface area contributed by atoms with Gasteiger partial charge < -0.3 is 50.3 Å². The number of amides is 2. The molecule has 21 nitrogen and oxygen atoms in total. The molecule has 1 saturated heterocycles. The molecular formula is C56H89N9O12S. The minimum Gasteiger partial charge on any atom is -0.496 e. The van der Waals surface area contributed by atoms with Gasteiger partial charge in [-0.05, 0) is 131 Å². The van der Waals surface area contributed by atoms with Gasteiger partial charge in [0.05, 0.1) is 57.2 Å². The summed E-state index contributed by atoms with van der Waals surface area (Å²) < 4.78 is 11.7. The van der Waals surface area contributed by atoms with Crippen LogP contribution in [0.1, 0.15) is 78.2 Å². The lowest BCUT2D eigenvalue weighted by Crippen LogP contribution is -2.70. The number of carbonyl (C=O) groups excluding carboxylic acids is 2. The maximum Gasteiger partial charge on any atom is 0.330 e. The number of aliphatic carboxylic acids is 4. The Bertz CT molecular complexity index is 2240. The van der Waals surface area contributed by atoms with Gasteiger partial charge >= 0.3 is 23.9 Å². The number of thioether (sulfide) groups is 1. The van der Waals surface area contributed by atoms with E-state index < -0.39 is 46.6 Å². The van der Waals surface area contributed by atoms with E-state index in [0.717, 1.165) is 69.4 Å². The molecule has 1 aromatic rings. The highest BCUT2D eigenvalue weighted by atomic mass is 32.2. The normalized spacial score (nSPS) is 23.8. The first-order valence-corrected chi connectivity index (χ1v) is 28.6. The van der Waals surface area contributed by atoms with E-state index in [1.807, 2.05) is 4.90 Å². The van der Waals surface area contributed by atoms with Crippen LogP contribution >= 0.6 is 11.8 Å². The number of carboxylic acids is 4. The number of carboxylic acid groups (broad SMARTS) is 4. The van der Waals surface area contributed by atoms with Gasteiger partial charge in [0.15, 0.2) is 0 Å². The van der Waals surface area contributed by atoms with Crippen LogP contribution in [-0.4, -0.2) is 240 Å². The molecule has 1 aliphatic heterocycles. The van der Waals surface area contributed by atoms with E-state index in [9.17, 15) is 54.6 Å². The molecule has 78 heavy (non-hydrogen) atoms. The summed E-state index contributed by atoms with van der Waals surface area (Å²) in [6.45, 7) is 16.9. The molecule has 2 amide bonds. The zero-order valence-electron chi connectivity index (χ0n) is 47.4. The molecule has 0 aromatic heterocycles. The summed E-state index contributed by atoms with van der Waals surface area (Å²) in [5.74, 6) is -2.58. The molecule has 5 fully saturated rings. The maximum absolute atomic E-state index is 14.2. The monoisotopic (exact) mass is 1110 g/mol. The minimum atomic E-state index is -1.42. The summed E-state index contributed by atoms with van der Waals surface area (Å²) in [6, 6.07) is 5.37. The zero-order chi connectivity index (χ0) is 57.5. The molecule has 0 spiro atoms. The topological polar surface area (TPSA) is 269 Å². The summed E-state index contributed by atoms with van der Waals surface area (Å²) >= 11 is 1.77. The second kappa shape index (κ2) is 29.3. The number of ether oxygens (including phenoxy) is 2. The summed E-state index contributed by atoms with van der Waals surface area (Å²) in [4.78, 5) is 87.1. The predicted molar refractivity (Wildman–Crippen MR) is 301 cm³/mol. The van der Waals surface area contributed by atoms with Crippen LogP contribution in [0.3, 0.4) is 0 Å².